The van der Waals surface area contributed by atoms with Crippen LogP contribution in [0, 0.1) is 6.92 Å². The number of aromatic nitrogens is 3. The van der Waals surface area contributed by atoms with Gasteiger partial charge in [0.15, 0.2) is 5.69 Å². The minimum Gasteiger partial charge on any atom is -0.477 e. The summed E-state index contributed by atoms with van der Waals surface area (Å²) in [6.45, 7) is 6.12. The van der Waals surface area contributed by atoms with Crippen molar-refractivity contribution in [3.8, 4) is 5.88 Å². The summed E-state index contributed by atoms with van der Waals surface area (Å²) in [6, 6.07) is 1.68. The van der Waals surface area contributed by atoms with Crippen molar-refractivity contribution >= 4 is 17.5 Å². The van der Waals surface area contributed by atoms with E-state index < -0.39 is 11.8 Å². The maximum atomic E-state index is 12.7. The average molecular weight is 331 g/mol. The normalized spacial score (nSPS) is 10.5. The van der Waals surface area contributed by atoms with Gasteiger partial charge in [-0.05, 0) is 31.4 Å². The number of primary amides is 1. The topological polar surface area (TPSA) is 123 Å². The van der Waals surface area contributed by atoms with Crippen LogP contribution in [0.4, 0.5) is 5.69 Å². The van der Waals surface area contributed by atoms with Crippen molar-refractivity contribution in [3.05, 3.63) is 34.8 Å². The van der Waals surface area contributed by atoms with Crippen molar-refractivity contribution in [2.45, 2.75) is 33.6 Å². The van der Waals surface area contributed by atoms with E-state index in [2.05, 4.69) is 20.5 Å². The number of H-pyrrole nitrogens is 1. The number of hydrogen-bond acceptors (Lipinski definition) is 5. The first kappa shape index (κ1) is 17.5. The van der Waals surface area contributed by atoms with E-state index in [1.807, 2.05) is 20.8 Å². The summed E-state index contributed by atoms with van der Waals surface area (Å²) >= 11 is 0. The molecular formula is C16H21N5O3. The molecule has 0 aliphatic carbocycles. The van der Waals surface area contributed by atoms with E-state index in [0.29, 0.717) is 24.3 Å². The quantitative estimate of drug-likeness (QED) is 0.714. The van der Waals surface area contributed by atoms with E-state index in [-0.39, 0.29) is 17.3 Å². The molecule has 0 bridgehead atoms. The number of hydrogen-bond donors (Lipinski definition) is 3. The summed E-state index contributed by atoms with van der Waals surface area (Å²) < 4.78 is 5.53. The van der Waals surface area contributed by atoms with Gasteiger partial charge in [-0.2, -0.15) is 5.10 Å². The monoisotopic (exact) mass is 331 g/mol. The molecule has 0 aliphatic heterocycles. The van der Waals surface area contributed by atoms with Crippen molar-refractivity contribution in [2.75, 3.05) is 11.9 Å². The van der Waals surface area contributed by atoms with Crippen LogP contribution >= 0.6 is 0 Å². The number of pyridine rings is 1. The van der Waals surface area contributed by atoms with Crippen molar-refractivity contribution in [2.24, 2.45) is 5.73 Å². The molecule has 2 amide bonds. The Bertz CT molecular complexity index is 754. The maximum absolute atomic E-state index is 12.7. The zero-order valence-corrected chi connectivity index (χ0v) is 14.0. The molecule has 2 heterocycles. The molecule has 8 heteroatoms. The molecule has 0 aliphatic rings. The van der Waals surface area contributed by atoms with Gasteiger partial charge in [-0.25, -0.2) is 4.98 Å². The van der Waals surface area contributed by atoms with Crippen molar-refractivity contribution in [1.29, 1.82) is 0 Å². The Kier molecular flexibility index (Phi) is 5.51. The number of aromatic amines is 1. The lowest BCUT2D eigenvalue weighted by Crippen LogP contribution is -2.19. The van der Waals surface area contributed by atoms with E-state index in [1.54, 1.807) is 12.3 Å². The van der Waals surface area contributed by atoms with Crippen LogP contribution in [0.5, 0.6) is 5.88 Å². The fraction of sp³-hybridized carbons (Fsp3) is 0.375. The lowest BCUT2D eigenvalue weighted by Gasteiger charge is -2.11. The lowest BCUT2D eigenvalue weighted by atomic mass is 10.1. The molecule has 0 saturated heterocycles. The number of carbonyl (C=O) groups excluding carboxylic acids is 2. The van der Waals surface area contributed by atoms with Crippen LogP contribution in [-0.4, -0.2) is 33.6 Å². The Labute approximate surface area is 139 Å². The van der Waals surface area contributed by atoms with Crippen LogP contribution in [0.25, 0.3) is 0 Å². The van der Waals surface area contributed by atoms with Gasteiger partial charge in [0.05, 0.1) is 18.0 Å². The van der Waals surface area contributed by atoms with Crippen LogP contribution < -0.4 is 15.8 Å². The third kappa shape index (κ3) is 3.70. The van der Waals surface area contributed by atoms with Gasteiger partial charge in [0, 0.05) is 6.20 Å². The second kappa shape index (κ2) is 7.58. The van der Waals surface area contributed by atoms with Crippen LogP contribution in [-0.2, 0) is 6.42 Å². The van der Waals surface area contributed by atoms with Crippen molar-refractivity contribution in [1.82, 2.24) is 15.2 Å². The molecule has 24 heavy (non-hydrogen) atoms. The summed E-state index contributed by atoms with van der Waals surface area (Å²) in [5.41, 5.74) is 7.33. The highest BCUT2D eigenvalue weighted by Gasteiger charge is 2.21. The molecule has 8 nitrogen and oxygen atoms in total. The minimum absolute atomic E-state index is 0.00293. The van der Waals surface area contributed by atoms with Crippen molar-refractivity contribution in [3.63, 3.8) is 0 Å². The molecule has 2 aromatic rings. The van der Waals surface area contributed by atoms with Gasteiger partial charge in [0.2, 0.25) is 5.88 Å². The van der Waals surface area contributed by atoms with Gasteiger partial charge in [-0.15, -0.1) is 0 Å². The molecule has 0 aromatic carbocycles. The van der Waals surface area contributed by atoms with Crippen LogP contribution in [0.1, 0.15) is 52.4 Å². The fourth-order valence-electron chi connectivity index (χ4n) is 2.16. The molecule has 2 aromatic heterocycles. The van der Waals surface area contributed by atoms with Gasteiger partial charge in [0.25, 0.3) is 11.8 Å². The number of aryl methyl sites for hydroxylation is 2. The van der Waals surface area contributed by atoms with Gasteiger partial charge < -0.3 is 15.8 Å². The van der Waals surface area contributed by atoms with E-state index in [1.165, 1.54) is 0 Å². The number of carbonyl (C=O) groups is 2. The average Bonchev–Trinajstić information content (AvgIpc) is 2.96. The minimum atomic E-state index is -0.717. The third-order valence-corrected chi connectivity index (χ3v) is 3.34. The van der Waals surface area contributed by atoms with Crippen LogP contribution in [0.15, 0.2) is 12.3 Å². The second-order valence-corrected chi connectivity index (χ2v) is 5.31. The molecular weight excluding hydrogens is 310 g/mol. The van der Waals surface area contributed by atoms with Crippen molar-refractivity contribution < 1.29 is 14.3 Å². The molecule has 0 fully saturated rings. The Morgan fingerprint density at radius 1 is 1.38 bits per heavy atom. The van der Waals surface area contributed by atoms with Gasteiger partial charge in [0.1, 0.15) is 5.56 Å². The van der Waals surface area contributed by atoms with E-state index in [9.17, 15) is 9.59 Å². The summed E-state index contributed by atoms with van der Waals surface area (Å²) in [4.78, 5) is 28.3. The van der Waals surface area contributed by atoms with Gasteiger partial charge >= 0.3 is 0 Å². The van der Waals surface area contributed by atoms with Crippen LogP contribution in [0.2, 0.25) is 0 Å². The molecule has 0 spiro atoms. The number of anilines is 1. The molecule has 4 N–H and O–H groups in total. The molecule has 0 saturated carbocycles. The zero-order valence-electron chi connectivity index (χ0n) is 14.0. The summed E-state index contributed by atoms with van der Waals surface area (Å²) in [7, 11) is 0. The Morgan fingerprint density at radius 2 is 2.12 bits per heavy atom. The number of rotatable bonds is 7. The smallest absolute Gasteiger partial charge is 0.271 e. The SMILES string of the molecule is CCCOc1ncc(C)cc1C(=O)Nc1c(C(N)=O)n[nH]c1CC. The first-order valence-corrected chi connectivity index (χ1v) is 7.75. The highest BCUT2D eigenvalue weighted by Crippen LogP contribution is 2.23. The Balaban J connectivity index is 2.35. The number of nitrogens with two attached hydrogens (primary N) is 1. The summed E-state index contributed by atoms with van der Waals surface area (Å²) in [5, 5.41) is 9.27. The predicted molar refractivity (Wildman–Crippen MR) is 89.2 cm³/mol. The largest absolute Gasteiger partial charge is 0.477 e. The number of ether oxygens (including phenoxy) is 1. The Hall–Kier alpha value is -2.90. The maximum Gasteiger partial charge on any atom is 0.271 e. The van der Waals surface area contributed by atoms with Gasteiger partial charge in [-0.1, -0.05) is 13.8 Å². The Morgan fingerprint density at radius 3 is 2.75 bits per heavy atom. The van der Waals surface area contributed by atoms with E-state index >= 15 is 0 Å². The van der Waals surface area contributed by atoms with Gasteiger partial charge in [-0.3, -0.25) is 14.7 Å². The number of nitrogens with one attached hydrogen (secondary N) is 2. The summed E-state index contributed by atoms with van der Waals surface area (Å²) in [6.07, 6.45) is 2.98. The number of nitrogens with zero attached hydrogens (tertiary/aromatic N) is 2. The highest BCUT2D eigenvalue weighted by molar-refractivity contribution is 6.09. The van der Waals surface area contributed by atoms with E-state index in [4.69, 9.17) is 10.5 Å². The molecule has 0 radical (unpaired) electrons. The van der Waals surface area contributed by atoms with Crippen LogP contribution in [0.3, 0.4) is 0 Å². The summed E-state index contributed by atoms with van der Waals surface area (Å²) in [5.74, 6) is -0.899. The molecule has 0 unspecified atom stereocenters. The lowest BCUT2D eigenvalue weighted by molar-refractivity contribution is 0.0996. The highest BCUT2D eigenvalue weighted by atomic mass is 16.5. The fourth-order valence-corrected chi connectivity index (χ4v) is 2.16. The first-order chi connectivity index (χ1) is 11.5. The third-order valence-electron chi connectivity index (χ3n) is 3.34. The zero-order chi connectivity index (χ0) is 17.7. The molecule has 2 rings (SSSR count). The standard InChI is InChI=1S/C16H21N5O3/c1-4-6-24-16-10(7-9(3)8-18-16)15(23)19-12-11(5-2)20-21-13(12)14(17)22/h7-8H,4-6H2,1-3H3,(H2,17,22)(H,19,23)(H,20,21). The van der Waals surface area contributed by atoms with E-state index in [0.717, 1.165) is 12.0 Å². The molecule has 128 valence electrons. The second-order valence-electron chi connectivity index (χ2n) is 5.31. The number of amides is 2. The predicted octanol–water partition coefficient (Wildman–Crippen LogP) is 1.82. The molecule has 0 atom stereocenters. The first-order valence-electron chi connectivity index (χ1n) is 7.75.